The Morgan fingerprint density at radius 1 is 1.31 bits per heavy atom. The molecule has 1 aromatic heterocycles. The Morgan fingerprint density at radius 3 is 2.62 bits per heavy atom. The molecule has 3 fully saturated rings. The standard InChI is InChI=1S/C19H26ClN3O2.ClH/c1-11(2)24-16-14(20)6-5-13-15(16)25-22-18(13)21-17-12-7-9-23(10-8-12)19(17,3)4;/h5-6,11-12,17H,7-10H2,1-4H3,(H,21,22);1H. The van der Waals surface area contributed by atoms with Gasteiger partial charge in [-0.05, 0) is 71.7 Å². The van der Waals surface area contributed by atoms with Gasteiger partial charge in [0, 0.05) is 11.6 Å². The molecular weight excluding hydrogens is 373 g/mol. The molecule has 26 heavy (non-hydrogen) atoms. The van der Waals surface area contributed by atoms with E-state index in [1.807, 2.05) is 26.0 Å². The molecule has 3 saturated heterocycles. The third-order valence-corrected chi connectivity index (χ3v) is 6.08. The number of ether oxygens (including phenoxy) is 1. The summed E-state index contributed by atoms with van der Waals surface area (Å²) in [4.78, 5) is 2.58. The predicted molar refractivity (Wildman–Crippen MR) is 108 cm³/mol. The van der Waals surface area contributed by atoms with Crippen LogP contribution in [0.3, 0.4) is 0 Å². The fourth-order valence-corrected chi connectivity index (χ4v) is 4.62. The van der Waals surface area contributed by atoms with Gasteiger partial charge in [0.25, 0.3) is 0 Å². The van der Waals surface area contributed by atoms with Crippen molar-refractivity contribution < 1.29 is 9.26 Å². The van der Waals surface area contributed by atoms with E-state index in [4.69, 9.17) is 20.9 Å². The number of halogens is 2. The molecule has 7 heteroatoms. The first-order valence-electron chi connectivity index (χ1n) is 9.14. The summed E-state index contributed by atoms with van der Waals surface area (Å²) in [6, 6.07) is 4.16. The van der Waals surface area contributed by atoms with Gasteiger partial charge in [-0.1, -0.05) is 16.8 Å². The molecule has 3 aliphatic heterocycles. The lowest BCUT2D eigenvalue weighted by atomic mass is 9.72. The number of aromatic nitrogens is 1. The SMILES string of the molecule is CC(C)Oc1c(Cl)ccc2c(NC3C4CCN(CC4)C3(C)C)noc12.Cl. The molecule has 0 saturated carbocycles. The summed E-state index contributed by atoms with van der Waals surface area (Å²) in [5, 5.41) is 9.46. The van der Waals surface area contributed by atoms with Crippen LogP contribution < -0.4 is 10.1 Å². The number of benzene rings is 1. The van der Waals surface area contributed by atoms with Crippen LogP contribution in [0.15, 0.2) is 16.7 Å². The zero-order valence-corrected chi connectivity index (χ0v) is 17.3. The Balaban J connectivity index is 0.00000196. The highest BCUT2D eigenvalue weighted by Gasteiger charge is 2.47. The van der Waals surface area contributed by atoms with E-state index in [9.17, 15) is 0 Å². The number of anilines is 1. The third kappa shape index (κ3) is 3.14. The van der Waals surface area contributed by atoms with Gasteiger partial charge in [-0.15, -0.1) is 12.4 Å². The zero-order valence-electron chi connectivity index (χ0n) is 15.7. The molecule has 2 bridgehead atoms. The van der Waals surface area contributed by atoms with Crippen molar-refractivity contribution in [1.29, 1.82) is 0 Å². The number of hydrogen-bond acceptors (Lipinski definition) is 5. The van der Waals surface area contributed by atoms with Crippen molar-refractivity contribution in [2.75, 3.05) is 18.4 Å². The average molecular weight is 400 g/mol. The number of piperidine rings is 3. The Morgan fingerprint density at radius 2 is 2.00 bits per heavy atom. The first-order valence-corrected chi connectivity index (χ1v) is 9.52. The van der Waals surface area contributed by atoms with Gasteiger partial charge in [0.1, 0.15) is 0 Å². The molecule has 1 atom stereocenters. The normalized spacial score (nSPS) is 26.8. The fraction of sp³-hybridized carbons (Fsp3) is 0.632. The van der Waals surface area contributed by atoms with E-state index in [2.05, 4.69) is 29.2 Å². The van der Waals surface area contributed by atoms with E-state index in [1.54, 1.807) is 0 Å². The van der Waals surface area contributed by atoms with Crippen LogP contribution in [0, 0.1) is 5.92 Å². The van der Waals surface area contributed by atoms with E-state index >= 15 is 0 Å². The van der Waals surface area contributed by atoms with Gasteiger partial charge in [0.05, 0.1) is 16.5 Å². The van der Waals surface area contributed by atoms with Crippen molar-refractivity contribution >= 4 is 40.8 Å². The second-order valence-electron chi connectivity index (χ2n) is 8.05. The van der Waals surface area contributed by atoms with Crippen LogP contribution in [-0.4, -0.2) is 40.8 Å². The van der Waals surface area contributed by atoms with Gasteiger partial charge in [-0.25, -0.2) is 0 Å². The first-order chi connectivity index (χ1) is 11.9. The Labute approximate surface area is 165 Å². The van der Waals surface area contributed by atoms with Gasteiger partial charge in [-0.2, -0.15) is 0 Å². The van der Waals surface area contributed by atoms with E-state index in [1.165, 1.54) is 25.9 Å². The molecule has 3 aliphatic rings. The average Bonchev–Trinajstić information content (AvgIpc) is 2.97. The molecule has 1 N–H and O–H groups in total. The van der Waals surface area contributed by atoms with E-state index in [0.29, 0.717) is 28.3 Å². The lowest BCUT2D eigenvalue weighted by Crippen LogP contribution is -2.66. The van der Waals surface area contributed by atoms with Crippen molar-refractivity contribution in [2.45, 2.75) is 58.2 Å². The van der Waals surface area contributed by atoms with E-state index in [-0.39, 0.29) is 24.0 Å². The molecule has 144 valence electrons. The van der Waals surface area contributed by atoms with Crippen LogP contribution in [-0.2, 0) is 0 Å². The summed E-state index contributed by atoms with van der Waals surface area (Å²) in [6.07, 6.45) is 2.50. The summed E-state index contributed by atoms with van der Waals surface area (Å²) in [7, 11) is 0. The Kier molecular flexibility index (Phi) is 5.35. The van der Waals surface area contributed by atoms with Crippen LogP contribution in [0.25, 0.3) is 11.0 Å². The lowest BCUT2D eigenvalue weighted by Gasteiger charge is -2.56. The molecule has 0 radical (unpaired) electrons. The van der Waals surface area contributed by atoms with Crippen LogP contribution in [0.5, 0.6) is 5.75 Å². The Bertz CT molecular complexity index is 782. The predicted octanol–water partition coefficient (Wildman–Crippen LogP) is 4.97. The van der Waals surface area contributed by atoms with Gasteiger partial charge >= 0.3 is 0 Å². The molecule has 0 spiro atoms. The highest BCUT2D eigenvalue weighted by atomic mass is 35.5. The van der Waals surface area contributed by atoms with Crippen LogP contribution >= 0.6 is 24.0 Å². The maximum atomic E-state index is 6.31. The van der Waals surface area contributed by atoms with Crippen molar-refractivity contribution in [2.24, 2.45) is 5.92 Å². The molecule has 0 amide bonds. The van der Waals surface area contributed by atoms with Crippen molar-refractivity contribution in [3.05, 3.63) is 17.2 Å². The highest BCUT2D eigenvalue weighted by molar-refractivity contribution is 6.33. The topological polar surface area (TPSA) is 50.5 Å². The van der Waals surface area contributed by atoms with Crippen molar-refractivity contribution in [3.63, 3.8) is 0 Å². The minimum atomic E-state index is 0. The van der Waals surface area contributed by atoms with E-state index in [0.717, 1.165) is 11.2 Å². The summed E-state index contributed by atoms with van der Waals surface area (Å²) in [6.45, 7) is 11.0. The highest BCUT2D eigenvalue weighted by Crippen LogP contribution is 2.42. The summed E-state index contributed by atoms with van der Waals surface area (Å²) >= 11 is 6.31. The maximum Gasteiger partial charge on any atom is 0.212 e. The van der Waals surface area contributed by atoms with Gasteiger partial charge < -0.3 is 14.6 Å². The lowest BCUT2D eigenvalue weighted by molar-refractivity contribution is -0.0189. The second kappa shape index (κ2) is 7.10. The fourth-order valence-electron chi connectivity index (χ4n) is 4.43. The smallest absolute Gasteiger partial charge is 0.212 e. The quantitative estimate of drug-likeness (QED) is 0.785. The second-order valence-corrected chi connectivity index (χ2v) is 8.46. The van der Waals surface area contributed by atoms with Crippen LogP contribution in [0.4, 0.5) is 5.82 Å². The van der Waals surface area contributed by atoms with Crippen LogP contribution in [0.1, 0.15) is 40.5 Å². The molecule has 0 aliphatic carbocycles. The molecule has 5 nitrogen and oxygen atoms in total. The summed E-state index contributed by atoms with van der Waals surface area (Å²) in [5.74, 6) is 2.03. The third-order valence-electron chi connectivity index (χ3n) is 5.78. The van der Waals surface area contributed by atoms with Gasteiger partial charge in [-0.3, -0.25) is 4.90 Å². The molecule has 1 unspecified atom stereocenters. The van der Waals surface area contributed by atoms with E-state index < -0.39 is 0 Å². The van der Waals surface area contributed by atoms with Gasteiger partial charge in [0.15, 0.2) is 11.6 Å². The van der Waals surface area contributed by atoms with Crippen molar-refractivity contribution in [1.82, 2.24) is 10.1 Å². The maximum absolute atomic E-state index is 6.31. The summed E-state index contributed by atoms with van der Waals surface area (Å²) < 4.78 is 11.5. The van der Waals surface area contributed by atoms with Gasteiger partial charge in [0.2, 0.25) is 5.58 Å². The minimum Gasteiger partial charge on any atom is -0.485 e. The molecule has 2 aromatic rings. The van der Waals surface area contributed by atoms with Crippen LogP contribution in [0.2, 0.25) is 5.02 Å². The number of rotatable bonds is 4. The molecule has 4 heterocycles. The number of hydrogen-bond donors (Lipinski definition) is 1. The zero-order chi connectivity index (χ0) is 17.8. The minimum absolute atomic E-state index is 0. The van der Waals surface area contributed by atoms with Crippen molar-refractivity contribution in [3.8, 4) is 5.75 Å². The Hall–Kier alpha value is -1.17. The number of nitrogens with zero attached hydrogens (tertiary/aromatic N) is 2. The molecule has 5 rings (SSSR count). The monoisotopic (exact) mass is 399 g/mol. The molecular formula is C19H27Cl2N3O2. The first kappa shape index (κ1) is 19.6. The number of nitrogens with one attached hydrogen (secondary N) is 1. The molecule has 1 aromatic carbocycles. The summed E-state index contributed by atoms with van der Waals surface area (Å²) in [5.41, 5.74) is 0.721. The number of fused-ring (bicyclic) bond motifs is 4. The largest absolute Gasteiger partial charge is 0.485 e.